The Hall–Kier alpha value is -2.21. The largest absolute Gasteiger partial charge is 0.394 e. The Morgan fingerprint density at radius 2 is 2.20 bits per heavy atom. The van der Waals surface area contributed by atoms with E-state index in [9.17, 15) is 14.9 Å². The van der Waals surface area contributed by atoms with Gasteiger partial charge in [-0.25, -0.2) is 0 Å². The van der Waals surface area contributed by atoms with Gasteiger partial charge in [0, 0.05) is 18.2 Å². The lowest BCUT2D eigenvalue weighted by atomic mass is 10.1. The number of nitrogens with zero attached hydrogens (tertiary/aromatic N) is 1. The van der Waals surface area contributed by atoms with Crippen molar-refractivity contribution in [3.05, 3.63) is 46.0 Å². The molecule has 0 radical (unpaired) electrons. The summed E-state index contributed by atoms with van der Waals surface area (Å²) in [5.74, 6) is -0.223. The molecule has 0 fully saturated rings. The van der Waals surface area contributed by atoms with Crippen molar-refractivity contribution in [1.82, 2.24) is 5.32 Å². The highest BCUT2D eigenvalue weighted by atomic mass is 16.6. The van der Waals surface area contributed by atoms with Gasteiger partial charge >= 0.3 is 0 Å². The van der Waals surface area contributed by atoms with Crippen LogP contribution in [0.4, 0.5) is 5.69 Å². The number of amides is 1. The normalized spacial score (nSPS) is 12.6. The van der Waals surface area contributed by atoms with E-state index < -0.39 is 4.92 Å². The Morgan fingerprint density at radius 3 is 2.75 bits per heavy atom. The summed E-state index contributed by atoms with van der Waals surface area (Å²) in [6, 6.07) is 5.69. The van der Waals surface area contributed by atoms with Crippen molar-refractivity contribution in [3.8, 4) is 0 Å². The molecular formula is C14H18N2O4. The summed E-state index contributed by atoms with van der Waals surface area (Å²) in [5.41, 5.74) is 0.544. The standard InChI is InChI=1S/C14H18N2O4/c1-10(2)13(9-17)15-14(18)7-6-11-4-3-5-12(8-11)16(19)20/h3-8,10,13,17H,9H2,1-2H3,(H,15,18). The first kappa shape index (κ1) is 15.8. The number of carbonyl (C=O) groups is 1. The average Bonchev–Trinajstić information content (AvgIpc) is 2.42. The van der Waals surface area contributed by atoms with Crippen LogP contribution in [0, 0.1) is 16.0 Å². The fourth-order valence-corrected chi connectivity index (χ4v) is 1.57. The maximum Gasteiger partial charge on any atom is 0.270 e. The van der Waals surface area contributed by atoms with Crippen LogP contribution in [0.5, 0.6) is 0 Å². The third-order valence-corrected chi connectivity index (χ3v) is 2.84. The predicted molar refractivity (Wildman–Crippen MR) is 76.0 cm³/mol. The fourth-order valence-electron chi connectivity index (χ4n) is 1.57. The molecule has 108 valence electrons. The number of nitro benzene ring substituents is 1. The summed E-state index contributed by atoms with van der Waals surface area (Å²) in [7, 11) is 0. The van der Waals surface area contributed by atoms with Gasteiger partial charge < -0.3 is 10.4 Å². The monoisotopic (exact) mass is 278 g/mol. The predicted octanol–water partition coefficient (Wildman–Crippen LogP) is 1.74. The van der Waals surface area contributed by atoms with Gasteiger partial charge in [-0.15, -0.1) is 0 Å². The molecular weight excluding hydrogens is 260 g/mol. The maximum atomic E-state index is 11.7. The van der Waals surface area contributed by atoms with Crippen LogP contribution in [0.1, 0.15) is 19.4 Å². The number of carbonyl (C=O) groups excluding carboxylic acids is 1. The second-order valence-electron chi connectivity index (χ2n) is 4.73. The van der Waals surface area contributed by atoms with E-state index in [4.69, 9.17) is 5.11 Å². The summed E-state index contributed by atoms with van der Waals surface area (Å²) in [6.45, 7) is 3.66. The van der Waals surface area contributed by atoms with Gasteiger partial charge in [0.1, 0.15) is 0 Å². The zero-order chi connectivity index (χ0) is 15.1. The van der Waals surface area contributed by atoms with Crippen molar-refractivity contribution in [1.29, 1.82) is 0 Å². The van der Waals surface area contributed by atoms with Crippen LogP contribution in [-0.2, 0) is 4.79 Å². The van der Waals surface area contributed by atoms with E-state index in [2.05, 4.69) is 5.32 Å². The summed E-state index contributed by atoms with van der Waals surface area (Å²) in [6.07, 6.45) is 2.79. The molecule has 0 saturated heterocycles. The van der Waals surface area contributed by atoms with Crippen LogP contribution in [0.15, 0.2) is 30.3 Å². The molecule has 6 heteroatoms. The number of nitro groups is 1. The van der Waals surface area contributed by atoms with E-state index in [0.29, 0.717) is 5.56 Å². The Bertz CT molecular complexity index is 512. The third kappa shape index (κ3) is 4.81. The van der Waals surface area contributed by atoms with E-state index in [1.165, 1.54) is 24.3 Å². The van der Waals surface area contributed by atoms with Gasteiger partial charge in [-0.2, -0.15) is 0 Å². The molecule has 1 aromatic carbocycles. The first-order valence-corrected chi connectivity index (χ1v) is 6.28. The lowest BCUT2D eigenvalue weighted by Gasteiger charge is -2.18. The van der Waals surface area contributed by atoms with E-state index in [-0.39, 0.29) is 30.2 Å². The van der Waals surface area contributed by atoms with Crippen molar-refractivity contribution in [2.24, 2.45) is 5.92 Å². The molecule has 0 saturated carbocycles. The number of aliphatic hydroxyl groups is 1. The molecule has 0 aliphatic carbocycles. The number of nitrogens with one attached hydrogen (secondary N) is 1. The minimum atomic E-state index is -0.488. The second kappa shape index (κ2) is 7.40. The van der Waals surface area contributed by atoms with Crippen LogP contribution >= 0.6 is 0 Å². The smallest absolute Gasteiger partial charge is 0.270 e. The molecule has 1 amide bonds. The zero-order valence-electron chi connectivity index (χ0n) is 11.4. The van der Waals surface area contributed by atoms with Crippen molar-refractivity contribution in [2.75, 3.05) is 6.61 Å². The quantitative estimate of drug-likeness (QED) is 0.471. The van der Waals surface area contributed by atoms with Crippen LogP contribution in [0.2, 0.25) is 0 Å². The number of hydrogen-bond donors (Lipinski definition) is 2. The molecule has 1 aromatic rings. The van der Waals surface area contributed by atoms with Crippen LogP contribution < -0.4 is 5.32 Å². The van der Waals surface area contributed by atoms with E-state index >= 15 is 0 Å². The Kier molecular flexibility index (Phi) is 5.86. The van der Waals surface area contributed by atoms with Gasteiger partial charge in [-0.05, 0) is 17.6 Å². The SMILES string of the molecule is CC(C)C(CO)NC(=O)C=Cc1cccc([N+](=O)[O-])c1. The summed E-state index contributed by atoms with van der Waals surface area (Å²) < 4.78 is 0. The zero-order valence-corrected chi connectivity index (χ0v) is 11.4. The molecule has 0 spiro atoms. The molecule has 1 atom stereocenters. The summed E-state index contributed by atoms with van der Waals surface area (Å²) in [5, 5.41) is 22.4. The number of rotatable bonds is 6. The topological polar surface area (TPSA) is 92.5 Å². The Balaban J connectivity index is 2.70. The molecule has 2 N–H and O–H groups in total. The number of non-ortho nitro benzene ring substituents is 1. The van der Waals surface area contributed by atoms with Crippen molar-refractivity contribution in [3.63, 3.8) is 0 Å². The minimum absolute atomic E-state index is 0.0250. The van der Waals surface area contributed by atoms with Crippen molar-refractivity contribution < 1.29 is 14.8 Å². The molecule has 0 aliphatic heterocycles. The van der Waals surface area contributed by atoms with Gasteiger partial charge in [0.05, 0.1) is 17.6 Å². The lowest BCUT2D eigenvalue weighted by molar-refractivity contribution is -0.384. The van der Waals surface area contributed by atoms with Gasteiger partial charge in [0.15, 0.2) is 0 Å². The molecule has 0 heterocycles. The van der Waals surface area contributed by atoms with E-state index in [1.807, 2.05) is 13.8 Å². The van der Waals surface area contributed by atoms with Crippen LogP contribution in [0.25, 0.3) is 6.08 Å². The van der Waals surface area contributed by atoms with Crippen molar-refractivity contribution in [2.45, 2.75) is 19.9 Å². The van der Waals surface area contributed by atoms with E-state index in [0.717, 1.165) is 0 Å². The third-order valence-electron chi connectivity index (χ3n) is 2.84. The number of hydrogen-bond acceptors (Lipinski definition) is 4. The molecule has 6 nitrogen and oxygen atoms in total. The summed E-state index contributed by atoms with van der Waals surface area (Å²) in [4.78, 5) is 21.8. The molecule has 1 rings (SSSR count). The van der Waals surface area contributed by atoms with Gasteiger partial charge in [0.2, 0.25) is 5.91 Å². The Labute approximate surface area is 117 Å². The fraction of sp³-hybridized carbons (Fsp3) is 0.357. The molecule has 20 heavy (non-hydrogen) atoms. The number of benzene rings is 1. The molecule has 1 unspecified atom stereocenters. The first-order chi connectivity index (χ1) is 9.43. The maximum absolute atomic E-state index is 11.7. The van der Waals surface area contributed by atoms with Gasteiger partial charge in [0.25, 0.3) is 5.69 Å². The van der Waals surface area contributed by atoms with Crippen LogP contribution in [0.3, 0.4) is 0 Å². The average molecular weight is 278 g/mol. The highest BCUT2D eigenvalue weighted by molar-refractivity contribution is 5.92. The van der Waals surface area contributed by atoms with Gasteiger partial charge in [-0.1, -0.05) is 26.0 Å². The lowest BCUT2D eigenvalue weighted by Crippen LogP contribution is -2.40. The highest BCUT2D eigenvalue weighted by Crippen LogP contribution is 2.14. The highest BCUT2D eigenvalue weighted by Gasteiger charge is 2.13. The first-order valence-electron chi connectivity index (χ1n) is 6.28. The second-order valence-corrected chi connectivity index (χ2v) is 4.73. The molecule has 0 bridgehead atoms. The Morgan fingerprint density at radius 1 is 1.50 bits per heavy atom. The van der Waals surface area contributed by atoms with Crippen LogP contribution in [-0.4, -0.2) is 28.6 Å². The number of aliphatic hydroxyl groups excluding tert-OH is 1. The van der Waals surface area contributed by atoms with Gasteiger partial charge in [-0.3, -0.25) is 14.9 Å². The van der Waals surface area contributed by atoms with Crippen molar-refractivity contribution >= 4 is 17.7 Å². The summed E-state index contributed by atoms with van der Waals surface area (Å²) >= 11 is 0. The minimum Gasteiger partial charge on any atom is -0.394 e. The molecule has 0 aliphatic rings. The van der Waals surface area contributed by atoms with E-state index in [1.54, 1.807) is 12.1 Å². The molecule has 0 aromatic heterocycles.